The lowest BCUT2D eigenvalue weighted by molar-refractivity contribution is 0.939. The fourth-order valence-corrected chi connectivity index (χ4v) is 6.12. The van der Waals surface area contributed by atoms with Crippen molar-refractivity contribution in [3.05, 3.63) is 64.7 Å². The van der Waals surface area contributed by atoms with Crippen LogP contribution in [-0.4, -0.2) is 8.24 Å². The van der Waals surface area contributed by atoms with E-state index < -0.39 is 8.24 Å². The predicted molar refractivity (Wildman–Crippen MR) is 98.7 cm³/mol. The van der Waals surface area contributed by atoms with E-state index in [1.54, 1.807) is 5.57 Å². The van der Waals surface area contributed by atoms with E-state index in [1.807, 2.05) is 0 Å². The highest BCUT2D eigenvalue weighted by molar-refractivity contribution is 6.80. The summed E-state index contributed by atoms with van der Waals surface area (Å²) in [6, 6.07) is 16.4. The van der Waals surface area contributed by atoms with Gasteiger partial charge in [0, 0.05) is 11.3 Å². The molecular formula is C20H23NSi. The summed E-state index contributed by atoms with van der Waals surface area (Å²) in [7, 11) is -1.48. The van der Waals surface area contributed by atoms with Crippen molar-refractivity contribution < 1.29 is 0 Å². The molecular weight excluding hydrogens is 282 g/mol. The molecule has 2 heteroatoms. The van der Waals surface area contributed by atoms with Gasteiger partial charge in [-0.2, -0.15) is 0 Å². The van der Waals surface area contributed by atoms with E-state index in [0.29, 0.717) is 6.04 Å². The molecule has 0 bridgehead atoms. The van der Waals surface area contributed by atoms with Crippen LogP contribution >= 0.6 is 0 Å². The highest BCUT2D eigenvalue weighted by Crippen LogP contribution is 2.58. The van der Waals surface area contributed by atoms with Crippen molar-refractivity contribution in [2.24, 2.45) is 0 Å². The van der Waals surface area contributed by atoms with Crippen LogP contribution in [0.15, 0.2) is 42.5 Å². The molecule has 112 valence electrons. The first-order chi connectivity index (χ1) is 10.4. The average molecular weight is 305 g/mol. The minimum absolute atomic E-state index is 0.430. The summed E-state index contributed by atoms with van der Waals surface area (Å²) in [5.74, 6) is 0. The van der Waals surface area contributed by atoms with Gasteiger partial charge in [-0.3, -0.25) is 0 Å². The summed E-state index contributed by atoms with van der Waals surface area (Å²) < 4.78 is 2.74. The summed E-state index contributed by atoms with van der Waals surface area (Å²) in [5, 5.41) is 0. The summed E-state index contributed by atoms with van der Waals surface area (Å²) in [6.45, 7) is 11.9. The molecule has 4 rings (SSSR count). The Morgan fingerprint density at radius 3 is 2.36 bits per heavy atom. The van der Waals surface area contributed by atoms with E-state index in [2.05, 4.69) is 80.5 Å². The molecule has 1 atom stereocenters. The first kappa shape index (κ1) is 13.8. The maximum atomic E-state index is 2.74. The number of fused-ring (bicyclic) bond motifs is 5. The first-order valence-electron chi connectivity index (χ1n) is 8.10. The minimum Gasteiger partial charge on any atom is -0.387 e. The second-order valence-corrected chi connectivity index (χ2v) is 12.4. The Kier molecular flexibility index (Phi) is 2.74. The van der Waals surface area contributed by atoms with Crippen LogP contribution in [0.1, 0.15) is 35.2 Å². The quantitative estimate of drug-likeness (QED) is 0.617. The van der Waals surface area contributed by atoms with Crippen molar-refractivity contribution in [1.82, 2.24) is 0 Å². The lowest BCUT2D eigenvalue weighted by Crippen LogP contribution is -2.46. The van der Waals surface area contributed by atoms with Crippen LogP contribution in [0, 0.1) is 6.92 Å². The van der Waals surface area contributed by atoms with Gasteiger partial charge in [0.15, 0.2) is 0 Å². The summed E-state index contributed by atoms with van der Waals surface area (Å²) in [4.78, 5) is 0. The zero-order valence-corrected chi connectivity index (χ0v) is 15.1. The SMILES string of the molecule is CC1=C2c3cc(C)ccc3N([Si](C)(C)C)C2c2ccccc21. The fraction of sp³-hybridized carbons (Fsp3) is 0.300. The molecule has 2 aromatic rings. The van der Waals surface area contributed by atoms with Crippen molar-refractivity contribution in [1.29, 1.82) is 0 Å². The molecule has 0 amide bonds. The Morgan fingerprint density at radius 2 is 1.64 bits per heavy atom. The van der Waals surface area contributed by atoms with Crippen LogP contribution in [0.2, 0.25) is 19.6 Å². The van der Waals surface area contributed by atoms with Crippen LogP contribution in [0.25, 0.3) is 11.1 Å². The van der Waals surface area contributed by atoms with E-state index in [0.717, 1.165) is 0 Å². The number of allylic oxidation sites excluding steroid dienone is 1. The molecule has 1 nitrogen and oxygen atoms in total. The molecule has 22 heavy (non-hydrogen) atoms. The second-order valence-electron chi connectivity index (χ2n) is 7.59. The van der Waals surface area contributed by atoms with E-state index in [1.165, 1.54) is 33.5 Å². The number of rotatable bonds is 1. The number of hydrogen-bond acceptors (Lipinski definition) is 1. The predicted octanol–water partition coefficient (Wildman–Crippen LogP) is 5.64. The van der Waals surface area contributed by atoms with Gasteiger partial charge >= 0.3 is 0 Å². The zero-order chi connectivity index (χ0) is 15.6. The van der Waals surface area contributed by atoms with Gasteiger partial charge in [-0.25, -0.2) is 0 Å². The molecule has 0 aromatic heterocycles. The Hall–Kier alpha value is -1.80. The van der Waals surface area contributed by atoms with Crippen molar-refractivity contribution in [3.8, 4) is 0 Å². The van der Waals surface area contributed by atoms with Crippen molar-refractivity contribution in [2.75, 3.05) is 4.57 Å². The Labute approximate surface area is 134 Å². The van der Waals surface area contributed by atoms with Crippen LogP contribution in [0.3, 0.4) is 0 Å². The van der Waals surface area contributed by atoms with Crippen molar-refractivity contribution in [3.63, 3.8) is 0 Å². The molecule has 0 saturated carbocycles. The fourth-order valence-electron chi connectivity index (χ4n) is 4.16. The lowest BCUT2D eigenvalue weighted by Gasteiger charge is -2.38. The van der Waals surface area contributed by atoms with Gasteiger partial charge in [-0.15, -0.1) is 0 Å². The smallest absolute Gasteiger partial charge is 0.148 e. The van der Waals surface area contributed by atoms with Crippen LogP contribution < -0.4 is 4.57 Å². The van der Waals surface area contributed by atoms with Crippen molar-refractivity contribution in [2.45, 2.75) is 39.5 Å². The Balaban J connectivity index is 2.06. The first-order valence-corrected chi connectivity index (χ1v) is 11.5. The molecule has 1 heterocycles. The molecule has 0 N–H and O–H groups in total. The van der Waals surface area contributed by atoms with Gasteiger partial charge in [0.1, 0.15) is 8.24 Å². The molecule has 0 radical (unpaired) electrons. The number of nitrogens with zero attached hydrogens (tertiary/aromatic N) is 1. The van der Waals surface area contributed by atoms with Crippen LogP contribution in [0.5, 0.6) is 0 Å². The van der Waals surface area contributed by atoms with Gasteiger partial charge in [0.25, 0.3) is 0 Å². The highest BCUT2D eigenvalue weighted by Gasteiger charge is 2.45. The monoisotopic (exact) mass is 305 g/mol. The van der Waals surface area contributed by atoms with Gasteiger partial charge in [-0.1, -0.05) is 55.5 Å². The van der Waals surface area contributed by atoms with E-state index in [4.69, 9.17) is 0 Å². The molecule has 1 aliphatic heterocycles. The summed E-state index contributed by atoms with van der Waals surface area (Å²) >= 11 is 0. The topological polar surface area (TPSA) is 3.24 Å². The van der Waals surface area contributed by atoms with E-state index in [-0.39, 0.29) is 0 Å². The number of anilines is 1. The maximum Gasteiger partial charge on any atom is 0.148 e. The standard InChI is InChI=1S/C20H23NSi/c1-13-10-11-18-17(12-13)19-14(2)15-8-6-7-9-16(15)20(19)21(18)22(3,4)5/h6-12,20H,1-5H3. The lowest BCUT2D eigenvalue weighted by atomic mass is 9.99. The molecule has 2 aromatic carbocycles. The van der Waals surface area contributed by atoms with Crippen molar-refractivity contribution >= 4 is 25.1 Å². The van der Waals surface area contributed by atoms with Gasteiger partial charge < -0.3 is 4.57 Å². The Morgan fingerprint density at radius 1 is 0.909 bits per heavy atom. The Bertz CT molecular complexity index is 811. The van der Waals surface area contributed by atoms with Gasteiger partial charge in [-0.05, 0) is 48.3 Å². The van der Waals surface area contributed by atoms with E-state index >= 15 is 0 Å². The molecule has 0 saturated heterocycles. The van der Waals surface area contributed by atoms with E-state index in [9.17, 15) is 0 Å². The third-order valence-electron chi connectivity index (χ3n) is 5.02. The summed E-state index contributed by atoms with van der Waals surface area (Å²) in [5.41, 5.74) is 10.2. The van der Waals surface area contributed by atoms with Gasteiger partial charge in [0.2, 0.25) is 0 Å². The van der Waals surface area contributed by atoms with Gasteiger partial charge in [0.05, 0.1) is 6.04 Å². The number of aryl methyl sites for hydroxylation is 1. The minimum atomic E-state index is -1.48. The molecule has 1 aliphatic carbocycles. The highest BCUT2D eigenvalue weighted by atomic mass is 28.3. The zero-order valence-electron chi connectivity index (χ0n) is 14.1. The molecule has 2 aliphatic rings. The normalized spacial score (nSPS) is 19.3. The molecule has 1 unspecified atom stereocenters. The van der Waals surface area contributed by atoms with Crippen LogP contribution in [0.4, 0.5) is 5.69 Å². The summed E-state index contributed by atoms with van der Waals surface area (Å²) in [6.07, 6.45) is 0. The molecule has 0 spiro atoms. The third-order valence-corrected chi connectivity index (χ3v) is 6.96. The molecule has 0 fully saturated rings. The average Bonchev–Trinajstić information content (AvgIpc) is 2.93. The number of hydrogen-bond donors (Lipinski definition) is 0. The van der Waals surface area contributed by atoms with Crippen LogP contribution in [-0.2, 0) is 0 Å². The maximum absolute atomic E-state index is 2.74. The second kappa shape index (κ2) is 4.36. The largest absolute Gasteiger partial charge is 0.387 e. The number of benzene rings is 2. The third kappa shape index (κ3) is 1.70.